The number of allylic oxidation sites excluding steroid dienone is 4. The fourth-order valence-corrected chi connectivity index (χ4v) is 10.3. The van der Waals surface area contributed by atoms with Crippen molar-refractivity contribution < 1.29 is 28.6 Å². The Morgan fingerprint density at radius 1 is 0.253 bits per heavy atom. The standard InChI is InChI=1S/C69H130O6/c1-4-7-10-13-16-19-21-23-25-27-28-29-30-31-32-33-34-35-36-37-38-39-40-42-43-45-47-50-53-56-59-62-68(71)74-65-66(64-73-67(70)61-58-55-52-49-18-15-12-9-6-3)75-69(72)63-60-57-54-51-48-46-44-41-26-24-22-20-17-14-11-8-5-2/h24,26-28,66H,4-23,25,29-65H2,1-3H3/b26-24-,28-27-. The van der Waals surface area contributed by atoms with E-state index in [9.17, 15) is 14.4 Å². The molecule has 6 heteroatoms. The maximum Gasteiger partial charge on any atom is 0.306 e. The van der Waals surface area contributed by atoms with Gasteiger partial charge in [-0.05, 0) is 70.6 Å². The molecule has 0 aliphatic carbocycles. The van der Waals surface area contributed by atoms with Crippen molar-refractivity contribution in [1.29, 1.82) is 0 Å². The fourth-order valence-electron chi connectivity index (χ4n) is 10.3. The largest absolute Gasteiger partial charge is 0.462 e. The Morgan fingerprint density at radius 2 is 0.440 bits per heavy atom. The monoisotopic (exact) mass is 1050 g/mol. The zero-order valence-corrected chi connectivity index (χ0v) is 50.8. The first-order chi connectivity index (χ1) is 37.0. The van der Waals surface area contributed by atoms with Crippen molar-refractivity contribution in [2.45, 2.75) is 386 Å². The second kappa shape index (κ2) is 64.4. The van der Waals surface area contributed by atoms with E-state index >= 15 is 0 Å². The molecule has 0 rings (SSSR count). The topological polar surface area (TPSA) is 78.9 Å². The Hall–Kier alpha value is -2.11. The molecule has 6 nitrogen and oxygen atoms in total. The molecular formula is C69H130O6. The van der Waals surface area contributed by atoms with Gasteiger partial charge in [-0.25, -0.2) is 0 Å². The van der Waals surface area contributed by atoms with E-state index in [2.05, 4.69) is 45.1 Å². The van der Waals surface area contributed by atoms with Crippen molar-refractivity contribution in [2.75, 3.05) is 13.2 Å². The molecule has 1 unspecified atom stereocenters. The lowest BCUT2D eigenvalue weighted by atomic mass is 10.0. The van der Waals surface area contributed by atoms with Crippen LogP contribution < -0.4 is 0 Å². The van der Waals surface area contributed by atoms with E-state index in [0.29, 0.717) is 19.3 Å². The summed E-state index contributed by atoms with van der Waals surface area (Å²) in [6, 6.07) is 0. The Kier molecular flexibility index (Phi) is 62.6. The lowest BCUT2D eigenvalue weighted by Crippen LogP contribution is -2.30. The highest BCUT2D eigenvalue weighted by molar-refractivity contribution is 5.71. The van der Waals surface area contributed by atoms with Gasteiger partial charge in [0.1, 0.15) is 13.2 Å². The molecule has 0 radical (unpaired) electrons. The van der Waals surface area contributed by atoms with Gasteiger partial charge in [0.15, 0.2) is 6.10 Å². The molecule has 0 aromatic carbocycles. The van der Waals surface area contributed by atoms with Crippen LogP contribution in [0.4, 0.5) is 0 Å². The number of unbranched alkanes of at least 4 members (excludes halogenated alkanes) is 48. The maximum absolute atomic E-state index is 12.9. The summed E-state index contributed by atoms with van der Waals surface area (Å²) >= 11 is 0. The predicted molar refractivity (Wildman–Crippen MR) is 326 cm³/mol. The number of rotatable bonds is 63. The van der Waals surface area contributed by atoms with Crippen LogP contribution in [0.3, 0.4) is 0 Å². The van der Waals surface area contributed by atoms with E-state index in [0.717, 1.165) is 57.8 Å². The van der Waals surface area contributed by atoms with Gasteiger partial charge in [-0.1, -0.05) is 315 Å². The SMILES string of the molecule is CCCCCCCC/C=C\CCCCCCCCCC(=O)OC(COC(=O)CCCCCCCCCCC)COC(=O)CCCCCCCCCCCCCCCCCCCCC/C=C\CCCCCCCCCC. The minimum atomic E-state index is -0.768. The highest BCUT2D eigenvalue weighted by atomic mass is 16.6. The zero-order valence-electron chi connectivity index (χ0n) is 50.8. The van der Waals surface area contributed by atoms with Crippen molar-refractivity contribution in [2.24, 2.45) is 0 Å². The Morgan fingerprint density at radius 3 is 0.667 bits per heavy atom. The lowest BCUT2D eigenvalue weighted by Gasteiger charge is -2.18. The summed E-state index contributed by atoms with van der Waals surface area (Å²) in [6.45, 7) is 6.67. The normalized spacial score (nSPS) is 12.1. The van der Waals surface area contributed by atoms with Crippen LogP contribution in [0.1, 0.15) is 380 Å². The third kappa shape index (κ3) is 62.6. The van der Waals surface area contributed by atoms with Crippen LogP contribution >= 0.6 is 0 Å². The van der Waals surface area contributed by atoms with Crippen molar-refractivity contribution in [3.05, 3.63) is 24.3 Å². The van der Waals surface area contributed by atoms with Gasteiger partial charge >= 0.3 is 17.9 Å². The first-order valence-electron chi connectivity index (χ1n) is 33.8. The van der Waals surface area contributed by atoms with Crippen molar-refractivity contribution in [1.82, 2.24) is 0 Å². The third-order valence-electron chi connectivity index (χ3n) is 15.4. The Labute approximate surface area is 468 Å². The summed E-state index contributed by atoms with van der Waals surface area (Å²) in [6.07, 6.45) is 77.9. The molecule has 0 aromatic rings. The quantitative estimate of drug-likeness (QED) is 0.0261. The van der Waals surface area contributed by atoms with Gasteiger partial charge in [0.05, 0.1) is 0 Å². The minimum absolute atomic E-state index is 0.0673. The smallest absolute Gasteiger partial charge is 0.306 e. The van der Waals surface area contributed by atoms with Crippen LogP contribution in [0.2, 0.25) is 0 Å². The van der Waals surface area contributed by atoms with Gasteiger partial charge in [-0.15, -0.1) is 0 Å². The van der Waals surface area contributed by atoms with Gasteiger partial charge in [0.2, 0.25) is 0 Å². The summed E-state index contributed by atoms with van der Waals surface area (Å²) in [5, 5.41) is 0. The molecule has 0 aromatic heterocycles. The first kappa shape index (κ1) is 72.9. The van der Waals surface area contributed by atoms with Gasteiger partial charge in [0.25, 0.3) is 0 Å². The summed E-state index contributed by atoms with van der Waals surface area (Å²) in [4.78, 5) is 38.2. The van der Waals surface area contributed by atoms with Crippen LogP contribution in [0, 0.1) is 0 Å². The predicted octanol–water partition coefficient (Wildman–Crippen LogP) is 23.0. The molecule has 0 heterocycles. The van der Waals surface area contributed by atoms with Crippen LogP contribution in [-0.4, -0.2) is 37.2 Å². The summed E-state index contributed by atoms with van der Waals surface area (Å²) in [7, 11) is 0. The molecule has 0 amide bonds. The van der Waals surface area contributed by atoms with E-state index < -0.39 is 6.10 Å². The fraction of sp³-hybridized carbons (Fsp3) is 0.899. The molecule has 0 saturated heterocycles. The minimum Gasteiger partial charge on any atom is -0.462 e. The van der Waals surface area contributed by atoms with Gasteiger partial charge < -0.3 is 14.2 Å². The first-order valence-corrected chi connectivity index (χ1v) is 33.8. The van der Waals surface area contributed by atoms with Crippen LogP contribution in [0.25, 0.3) is 0 Å². The average molecular weight is 1060 g/mol. The molecule has 0 bridgehead atoms. The highest BCUT2D eigenvalue weighted by Crippen LogP contribution is 2.18. The Bertz CT molecular complexity index is 1210. The summed E-state index contributed by atoms with van der Waals surface area (Å²) in [5.74, 6) is -0.849. The summed E-state index contributed by atoms with van der Waals surface area (Å²) in [5.41, 5.74) is 0. The van der Waals surface area contributed by atoms with Gasteiger partial charge in [0, 0.05) is 19.3 Å². The molecule has 1 atom stereocenters. The lowest BCUT2D eigenvalue weighted by molar-refractivity contribution is -0.167. The summed E-state index contributed by atoms with van der Waals surface area (Å²) < 4.78 is 16.9. The number of ether oxygens (including phenoxy) is 3. The number of carbonyl (C=O) groups excluding carboxylic acids is 3. The molecule has 0 aliphatic rings. The van der Waals surface area contributed by atoms with E-state index in [1.54, 1.807) is 0 Å². The molecular weight excluding hydrogens is 925 g/mol. The molecule has 442 valence electrons. The van der Waals surface area contributed by atoms with Gasteiger partial charge in [-0.3, -0.25) is 14.4 Å². The third-order valence-corrected chi connectivity index (χ3v) is 15.4. The molecule has 0 N–H and O–H groups in total. The number of hydrogen-bond acceptors (Lipinski definition) is 6. The van der Waals surface area contributed by atoms with Gasteiger partial charge in [-0.2, -0.15) is 0 Å². The number of hydrogen-bond donors (Lipinski definition) is 0. The zero-order chi connectivity index (χ0) is 54.3. The maximum atomic E-state index is 12.9. The van der Waals surface area contributed by atoms with E-state index in [4.69, 9.17) is 14.2 Å². The number of carbonyl (C=O) groups is 3. The molecule has 75 heavy (non-hydrogen) atoms. The van der Waals surface area contributed by atoms with E-state index in [-0.39, 0.29) is 31.1 Å². The average Bonchev–Trinajstić information content (AvgIpc) is 3.41. The van der Waals surface area contributed by atoms with Crippen LogP contribution in [-0.2, 0) is 28.6 Å². The molecule has 0 spiro atoms. The van der Waals surface area contributed by atoms with E-state index in [1.807, 2.05) is 0 Å². The highest BCUT2D eigenvalue weighted by Gasteiger charge is 2.19. The van der Waals surface area contributed by atoms with E-state index in [1.165, 1.54) is 283 Å². The van der Waals surface area contributed by atoms with Crippen molar-refractivity contribution in [3.8, 4) is 0 Å². The molecule has 0 fully saturated rings. The second-order valence-electron chi connectivity index (χ2n) is 23.1. The second-order valence-corrected chi connectivity index (χ2v) is 23.1. The van der Waals surface area contributed by atoms with Crippen molar-refractivity contribution in [3.63, 3.8) is 0 Å². The molecule has 0 aliphatic heterocycles. The molecule has 0 saturated carbocycles. The van der Waals surface area contributed by atoms with Crippen LogP contribution in [0.5, 0.6) is 0 Å². The number of esters is 3. The van der Waals surface area contributed by atoms with Crippen LogP contribution in [0.15, 0.2) is 24.3 Å². The van der Waals surface area contributed by atoms with Crippen molar-refractivity contribution >= 4 is 17.9 Å². The Balaban J connectivity index is 4.04.